The summed E-state index contributed by atoms with van der Waals surface area (Å²) in [6.45, 7) is 1.92. The van der Waals surface area contributed by atoms with E-state index in [9.17, 15) is 5.11 Å². The van der Waals surface area contributed by atoms with E-state index in [2.05, 4.69) is 0 Å². The molecule has 14 heavy (non-hydrogen) atoms. The lowest BCUT2D eigenvalue weighted by Gasteiger charge is -2.10. The van der Waals surface area contributed by atoms with Crippen LogP contribution in [0.15, 0.2) is 36.4 Å². The molecule has 0 spiro atoms. The van der Waals surface area contributed by atoms with Gasteiger partial charge < -0.3 is 10.8 Å². The van der Waals surface area contributed by atoms with Gasteiger partial charge in [0.15, 0.2) is 0 Å². The Morgan fingerprint density at radius 2 is 1.93 bits per heavy atom. The molecular weight excluding hydrogens is 174 g/mol. The highest BCUT2D eigenvalue weighted by molar-refractivity contribution is 5.87. The van der Waals surface area contributed by atoms with E-state index in [-0.39, 0.29) is 11.8 Å². The zero-order valence-electron chi connectivity index (χ0n) is 8.07. The molecule has 2 heteroatoms. The Kier molecular flexibility index (Phi) is 2.14. The first kappa shape index (κ1) is 9.03. The number of phenols is 1. The van der Waals surface area contributed by atoms with E-state index < -0.39 is 0 Å². The molecule has 2 nitrogen and oxygen atoms in total. The van der Waals surface area contributed by atoms with Crippen molar-refractivity contribution in [1.29, 1.82) is 0 Å². The quantitative estimate of drug-likeness (QED) is 0.720. The Labute approximate surface area is 83.0 Å². The summed E-state index contributed by atoms with van der Waals surface area (Å²) < 4.78 is 0. The van der Waals surface area contributed by atoms with E-state index in [0.29, 0.717) is 0 Å². The van der Waals surface area contributed by atoms with Crippen molar-refractivity contribution in [3.05, 3.63) is 42.0 Å². The van der Waals surface area contributed by atoms with Crippen LogP contribution in [0, 0.1) is 0 Å². The Bertz CT molecular complexity index is 463. The van der Waals surface area contributed by atoms with Gasteiger partial charge >= 0.3 is 0 Å². The monoisotopic (exact) mass is 187 g/mol. The maximum Gasteiger partial charge on any atom is 0.116 e. The molecule has 2 aromatic rings. The van der Waals surface area contributed by atoms with E-state index in [4.69, 9.17) is 5.73 Å². The molecule has 0 heterocycles. The molecule has 0 saturated heterocycles. The second-order valence-electron chi connectivity index (χ2n) is 3.54. The molecule has 0 aliphatic rings. The predicted octanol–water partition coefficient (Wildman–Crippen LogP) is 2.57. The van der Waals surface area contributed by atoms with Crippen LogP contribution in [0.5, 0.6) is 5.75 Å². The van der Waals surface area contributed by atoms with Crippen LogP contribution in [0.25, 0.3) is 10.8 Å². The maximum absolute atomic E-state index is 9.50. The van der Waals surface area contributed by atoms with Crippen molar-refractivity contribution in [1.82, 2.24) is 0 Å². The van der Waals surface area contributed by atoms with Gasteiger partial charge in [0.1, 0.15) is 5.75 Å². The van der Waals surface area contributed by atoms with E-state index in [0.717, 1.165) is 16.3 Å². The van der Waals surface area contributed by atoms with Gasteiger partial charge in [-0.3, -0.25) is 0 Å². The van der Waals surface area contributed by atoms with Crippen LogP contribution in [0.1, 0.15) is 18.5 Å². The number of aromatic hydroxyl groups is 1. The normalized spacial score (nSPS) is 13.0. The number of phenolic OH excluding ortho intramolecular Hbond substituents is 1. The highest BCUT2D eigenvalue weighted by Crippen LogP contribution is 2.27. The molecule has 0 aliphatic heterocycles. The minimum Gasteiger partial charge on any atom is -0.508 e. The molecule has 1 unspecified atom stereocenters. The van der Waals surface area contributed by atoms with E-state index >= 15 is 0 Å². The second kappa shape index (κ2) is 3.31. The third-order valence-corrected chi connectivity index (χ3v) is 2.37. The van der Waals surface area contributed by atoms with E-state index in [1.165, 1.54) is 0 Å². The van der Waals surface area contributed by atoms with Gasteiger partial charge in [-0.05, 0) is 35.4 Å². The maximum atomic E-state index is 9.50. The number of hydrogen-bond acceptors (Lipinski definition) is 2. The standard InChI is InChI=1S/C12H13NO/c1-8(13)12-7-10(14)6-9-4-2-3-5-11(9)12/h2-8,14H,13H2,1H3. The molecule has 72 valence electrons. The van der Waals surface area contributed by atoms with Crippen LogP contribution in [0.4, 0.5) is 0 Å². The lowest BCUT2D eigenvalue weighted by Crippen LogP contribution is -2.05. The van der Waals surface area contributed by atoms with Gasteiger partial charge in [0.2, 0.25) is 0 Å². The van der Waals surface area contributed by atoms with Gasteiger partial charge in [-0.2, -0.15) is 0 Å². The molecule has 0 saturated carbocycles. The van der Waals surface area contributed by atoms with E-state index in [1.807, 2.05) is 31.2 Å². The first-order chi connectivity index (χ1) is 6.68. The highest BCUT2D eigenvalue weighted by atomic mass is 16.3. The molecule has 0 amide bonds. The first-order valence-corrected chi connectivity index (χ1v) is 4.66. The average Bonchev–Trinajstić information content (AvgIpc) is 2.16. The van der Waals surface area contributed by atoms with Gasteiger partial charge in [0.25, 0.3) is 0 Å². The highest BCUT2D eigenvalue weighted by Gasteiger charge is 2.06. The Hall–Kier alpha value is -1.54. The molecule has 3 N–H and O–H groups in total. The fraction of sp³-hybridized carbons (Fsp3) is 0.167. The van der Waals surface area contributed by atoms with Crippen molar-refractivity contribution in [3.8, 4) is 5.75 Å². The van der Waals surface area contributed by atoms with E-state index in [1.54, 1.807) is 12.1 Å². The molecule has 0 aromatic heterocycles. The number of benzene rings is 2. The second-order valence-corrected chi connectivity index (χ2v) is 3.54. The van der Waals surface area contributed by atoms with Crippen LogP contribution in [-0.2, 0) is 0 Å². The summed E-state index contributed by atoms with van der Waals surface area (Å²) in [5.41, 5.74) is 6.82. The molecule has 0 bridgehead atoms. The summed E-state index contributed by atoms with van der Waals surface area (Å²) in [6.07, 6.45) is 0. The molecule has 0 fully saturated rings. The average molecular weight is 187 g/mol. The van der Waals surface area contributed by atoms with Crippen molar-refractivity contribution in [2.75, 3.05) is 0 Å². The van der Waals surface area contributed by atoms with Crippen molar-refractivity contribution in [3.63, 3.8) is 0 Å². The SMILES string of the molecule is CC(N)c1cc(O)cc2ccccc12. The zero-order valence-corrected chi connectivity index (χ0v) is 8.07. The Morgan fingerprint density at radius 3 is 2.64 bits per heavy atom. The Balaban J connectivity index is 2.80. The Morgan fingerprint density at radius 1 is 1.21 bits per heavy atom. The van der Waals surface area contributed by atoms with Crippen LogP contribution >= 0.6 is 0 Å². The first-order valence-electron chi connectivity index (χ1n) is 4.66. The van der Waals surface area contributed by atoms with Crippen molar-refractivity contribution in [2.45, 2.75) is 13.0 Å². The lowest BCUT2D eigenvalue weighted by molar-refractivity contribution is 0.475. The molecule has 0 radical (unpaired) electrons. The van der Waals surface area contributed by atoms with Gasteiger partial charge in [-0.25, -0.2) is 0 Å². The summed E-state index contributed by atoms with van der Waals surface area (Å²) in [4.78, 5) is 0. The minimum absolute atomic E-state index is 0.0630. The summed E-state index contributed by atoms with van der Waals surface area (Å²) in [7, 11) is 0. The summed E-state index contributed by atoms with van der Waals surface area (Å²) in [5, 5.41) is 11.6. The molecule has 2 rings (SSSR count). The molecule has 2 aromatic carbocycles. The summed E-state index contributed by atoms with van der Waals surface area (Å²) in [5.74, 6) is 0.274. The molecule has 0 aliphatic carbocycles. The minimum atomic E-state index is -0.0630. The zero-order chi connectivity index (χ0) is 10.1. The van der Waals surface area contributed by atoms with Crippen LogP contribution < -0.4 is 5.73 Å². The predicted molar refractivity (Wildman–Crippen MR) is 58.2 cm³/mol. The number of nitrogens with two attached hydrogens (primary N) is 1. The fourth-order valence-corrected chi connectivity index (χ4v) is 1.70. The van der Waals surface area contributed by atoms with Crippen molar-refractivity contribution < 1.29 is 5.11 Å². The molecule has 1 atom stereocenters. The number of rotatable bonds is 1. The topological polar surface area (TPSA) is 46.2 Å². The van der Waals surface area contributed by atoms with Gasteiger partial charge in [-0.15, -0.1) is 0 Å². The number of hydrogen-bond donors (Lipinski definition) is 2. The van der Waals surface area contributed by atoms with Gasteiger partial charge in [0.05, 0.1) is 0 Å². The fourth-order valence-electron chi connectivity index (χ4n) is 1.70. The van der Waals surface area contributed by atoms with Gasteiger partial charge in [0, 0.05) is 6.04 Å². The summed E-state index contributed by atoms with van der Waals surface area (Å²) in [6, 6.07) is 11.3. The third-order valence-electron chi connectivity index (χ3n) is 2.37. The number of fused-ring (bicyclic) bond motifs is 1. The van der Waals surface area contributed by atoms with Crippen molar-refractivity contribution in [2.24, 2.45) is 5.73 Å². The molecular formula is C12H13NO. The largest absolute Gasteiger partial charge is 0.508 e. The van der Waals surface area contributed by atoms with Crippen molar-refractivity contribution >= 4 is 10.8 Å². The van der Waals surface area contributed by atoms with Gasteiger partial charge in [-0.1, -0.05) is 24.3 Å². The van der Waals surface area contributed by atoms with Crippen LogP contribution in [-0.4, -0.2) is 5.11 Å². The van der Waals surface area contributed by atoms with Crippen LogP contribution in [0.2, 0.25) is 0 Å². The lowest BCUT2D eigenvalue weighted by atomic mass is 10.00. The smallest absolute Gasteiger partial charge is 0.116 e. The third kappa shape index (κ3) is 1.44. The van der Waals surface area contributed by atoms with Crippen LogP contribution in [0.3, 0.4) is 0 Å². The summed E-state index contributed by atoms with van der Waals surface area (Å²) >= 11 is 0.